The summed E-state index contributed by atoms with van der Waals surface area (Å²) in [5.41, 5.74) is 7.45. The number of aromatic nitrogens is 3. The first-order chi connectivity index (χ1) is 16.2. The fourth-order valence-electron chi connectivity index (χ4n) is 5.73. The molecule has 0 bridgehead atoms. The van der Waals surface area contributed by atoms with Gasteiger partial charge in [-0.25, -0.2) is 9.97 Å². The number of nitrogens with zero attached hydrogens (tertiary/aromatic N) is 5. The number of benzene rings is 3. The molecule has 1 atom stereocenters. The lowest BCUT2D eigenvalue weighted by molar-refractivity contribution is 0.753. The number of anilines is 4. The van der Waals surface area contributed by atoms with Crippen molar-refractivity contribution in [3.63, 3.8) is 0 Å². The third-order valence-corrected chi connectivity index (χ3v) is 7.08. The van der Waals surface area contributed by atoms with Gasteiger partial charge in [0.1, 0.15) is 12.0 Å². The lowest BCUT2D eigenvalue weighted by atomic mass is 9.95. The van der Waals surface area contributed by atoms with E-state index in [0.717, 1.165) is 29.4 Å². The van der Waals surface area contributed by atoms with E-state index in [1.54, 1.807) is 0 Å². The second kappa shape index (κ2) is 6.69. The van der Waals surface area contributed by atoms with Gasteiger partial charge in [-0.2, -0.15) is 0 Å². The fraction of sp³-hybridized carbons (Fsp3) is 0.143. The molecule has 0 N–H and O–H groups in total. The van der Waals surface area contributed by atoms with Crippen LogP contribution in [0.5, 0.6) is 0 Å². The summed E-state index contributed by atoms with van der Waals surface area (Å²) in [4.78, 5) is 14.3. The highest BCUT2D eigenvalue weighted by Crippen LogP contribution is 2.51. The molecule has 0 spiro atoms. The van der Waals surface area contributed by atoms with Crippen LogP contribution in [0.15, 0.2) is 85.3 Å². The zero-order chi connectivity index (χ0) is 22.1. The van der Waals surface area contributed by atoms with Crippen molar-refractivity contribution in [2.75, 3.05) is 9.80 Å². The van der Waals surface area contributed by atoms with Crippen molar-refractivity contribution in [1.29, 1.82) is 0 Å². The van der Waals surface area contributed by atoms with E-state index in [2.05, 4.69) is 100 Å². The van der Waals surface area contributed by atoms with E-state index in [4.69, 9.17) is 4.98 Å². The summed E-state index contributed by atoms with van der Waals surface area (Å²) < 4.78 is 2.26. The van der Waals surface area contributed by atoms with E-state index < -0.39 is 0 Å². The Morgan fingerprint density at radius 1 is 0.788 bits per heavy atom. The van der Waals surface area contributed by atoms with Gasteiger partial charge in [0.05, 0.1) is 17.1 Å². The van der Waals surface area contributed by atoms with E-state index in [1.165, 1.54) is 33.3 Å². The minimum Gasteiger partial charge on any atom is -0.317 e. The molecule has 7 rings (SSSR count). The number of pyridine rings is 1. The third-order valence-electron chi connectivity index (χ3n) is 7.08. The molecule has 2 aliphatic rings. The van der Waals surface area contributed by atoms with Crippen LogP contribution in [-0.4, -0.2) is 20.7 Å². The summed E-state index contributed by atoms with van der Waals surface area (Å²) in [6.45, 7) is 4.52. The number of fused-ring (bicyclic) bond motifs is 6. The fourth-order valence-corrected chi connectivity index (χ4v) is 5.73. The Bertz CT molecular complexity index is 1540. The van der Waals surface area contributed by atoms with Gasteiger partial charge in [-0.15, -0.1) is 0 Å². The molecule has 160 valence electrons. The van der Waals surface area contributed by atoms with Gasteiger partial charge in [-0.1, -0.05) is 42.5 Å². The SMILES string of the molecule is Cc1c(N2c3cccnc3N(c3ccccc3)[C@@H]2C)c2c(c3ccccc13)-n1ccnc1C2. The normalized spacial score (nSPS) is 16.2. The van der Waals surface area contributed by atoms with E-state index in [1.807, 2.05) is 18.5 Å². The minimum atomic E-state index is 0.0779. The van der Waals surface area contributed by atoms with Crippen LogP contribution < -0.4 is 9.80 Å². The zero-order valence-electron chi connectivity index (χ0n) is 18.6. The second-order valence-electron chi connectivity index (χ2n) is 8.79. The quantitative estimate of drug-likeness (QED) is 0.325. The number of para-hydroxylation sites is 1. The third kappa shape index (κ3) is 2.42. The molecule has 0 unspecified atom stereocenters. The van der Waals surface area contributed by atoms with Gasteiger partial charge in [0, 0.05) is 41.6 Å². The largest absolute Gasteiger partial charge is 0.317 e. The Morgan fingerprint density at radius 2 is 1.58 bits per heavy atom. The molecular weight excluding hydrogens is 406 g/mol. The predicted octanol–water partition coefficient (Wildman–Crippen LogP) is 6.27. The molecule has 0 radical (unpaired) electrons. The smallest absolute Gasteiger partial charge is 0.158 e. The van der Waals surface area contributed by atoms with Crippen molar-refractivity contribution in [3.8, 4) is 5.69 Å². The van der Waals surface area contributed by atoms with Crippen LogP contribution in [-0.2, 0) is 6.42 Å². The average Bonchev–Trinajstić information content (AvgIpc) is 3.52. The van der Waals surface area contributed by atoms with Crippen LogP contribution >= 0.6 is 0 Å². The molecule has 5 heteroatoms. The van der Waals surface area contributed by atoms with Gasteiger partial charge in [0.15, 0.2) is 5.82 Å². The number of hydrogen-bond donors (Lipinski definition) is 0. The van der Waals surface area contributed by atoms with Gasteiger partial charge < -0.3 is 14.4 Å². The summed E-state index contributed by atoms with van der Waals surface area (Å²) >= 11 is 0. The van der Waals surface area contributed by atoms with Crippen LogP contribution in [0.2, 0.25) is 0 Å². The van der Waals surface area contributed by atoms with Gasteiger partial charge in [0.2, 0.25) is 0 Å². The molecule has 0 fully saturated rings. The molecule has 0 saturated carbocycles. The summed E-state index contributed by atoms with van der Waals surface area (Å²) in [6, 6.07) is 23.5. The summed E-state index contributed by atoms with van der Waals surface area (Å²) in [5, 5.41) is 2.56. The van der Waals surface area contributed by atoms with Crippen LogP contribution in [0.1, 0.15) is 23.9 Å². The Balaban J connectivity index is 1.53. The number of imidazole rings is 1. The monoisotopic (exact) mass is 429 g/mol. The Morgan fingerprint density at radius 3 is 2.42 bits per heavy atom. The molecular formula is C28H23N5. The molecule has 5 nitrogen and oxygen atoms in total. The minimum absolute atomic E-state index is 0.0779. The van der Waals surface area contributed by atoms with Gasteiger partial charge in [-0.3, -0.25) is 0 Å². The average molecular weight is 430 g/mol. The molecule has 4 heterocycles. The van der Waals surface area contributed by atoms with Crippen molar-refractivity contribution in [3.05, 3.63) is 102 Å². The number of aryl methyl sites for hydroxylation is 1. The Kier molecular flexibility index (Phi) is 3.74. The lowest BCUT2D eigenvalue weighted by Crippen LogP contribution is -2.36. The first kappa shape index (κ1) is 18.5. The number of hydrogen-bond acceptors (Lipinski definition) is 4. The van der Waals surface area contributed by atoms with Crippen LogP contribution in [0.4, 0.5) is 22.9 Å². The Labute approximate surface area is 192 Å². The van der Waals surface area contributed by atoms with Gasteiger partial charge in [-0.05, 0) is 49.1 Å². The maximum atomic E-state index is 4.82. The summed E-state index contributed by atoms with van der Waals surface area (Å²) in [5.74, 6) is 2.09. The van der Waals surface area contributed by atoms with E-state index in [-0.39, 0.29) is 6.17 Å². The molecule has 5 aromatic rings. The lowest BCUT2D eigenvalue weighted by Gasteiger charge is -2.32. The van der Waals surface area contributed by atoms with E-state index in [0.29, 0.717) is 0 Å². The van der Waals surface area contributed by atoms with Crippen molar-refractivity contribution >= 4 is 33.7 Å². The standard InChI is InChI=1S/C28H23N5/c1-18-21-11-6-7-12-22(21)27-23(17-25-29-15-16-31(25)27)26(18)33-19(2)32(20-9-4-3-5-10-20)28-24(33)13-8-14-30-28/h3-16,19H,17H2,1-2H3/t19-/m0/s1. The molecule has 3 aromatic carbocycles. The predicted molar refractivity (Wildman–Crippen MR) is 133 cm³/mol. The van der Waals surface area contributed by atoms with Gasteiger partial charge in [0.25, 0.3) is 0 Å². The van der Waals surface area contributed by atoms with Crippen molar-refractivity contribution in [1.82, 2.24) is 14.5 Å². The topological polar surface area (TPSA) is 37.2 Å². The zero-order valence-corrected chi connectivity index (χ0v) is 18.6. The summed E-state index contributed by atoms with van der Waals surface area (Å²) in [6.07, 6.45) is 6.79. The maximum Gasteiger partial charge on any atom is 0.158 e. The first-order valence-corrected chi connectivity index (χ1v) is 11.4. The van der Waals surface area contributed by atoms with Crippen molar-refractivity contribution < 1.29 is 0 Å². The molecule has 2 aromatic heterocycles. The number of rotatable bonds is 2. The van der Waals surface area contributed by atoms with Gasteiger partial charge >= 0.3 is 0 Å². The molecule has 0 aliphatic carbocycles. The first-order valence-electron chi connectivity index (χ1n) is 11.4. The van der Waals surface area contributed by atoms with E-state index in [9.17, 15) is 0 Å². The molecule has 0 amide bonds. The highest BCUT2D eigenvalue weighted by atomic mass is 15.4. The second-order valence-corrected chi connectivity index (χ2v) is 8.79. The maximum absolute atomic E-state index is 4.82. The molecule has 0 saturated heterocycles. The van der Waals surface area contributed by atoms with Crippen LogP contribution in [0.3, 0.4) is 0 Å². The summed E-state index contributed by atoms with van der Waals surface area (Å²) in [7, 11) is 0. The van der Waals surface area contributed by atoms with Crippen LogP contribution in [0.25, 0.3) is 16.5 Å². The van der Waals surface area contributed by atoms with Crippen molar-refractivity contribution in [2.24, 2.45) is 0 Å². The van der Waals surface area contributed by atoms with Crippen molar-refractivity contribution in [2.45, 2.75) is 26.4 Å². The molecule has 33 heavy (non-hydrogen) atoms. The highest BCUT2D eigenvalue weighted by molar-refractivity contribution is 6.02. The highest BCUT2D eigenvalue weighted by Gasteiger charge is 2.39. The van der Waals surface area contributed by atoms with Crippen LogP contribution in [0, 0.1) is 6.92 Å². The molecule has 2 aliphatic heterocycles. The Hall–Kier alpha value is -4.12. The van der Waals surface area contributed by atoms with E-state index >= 15 is 0 Å².